The van der Waals surface area contributed by atoms with E-state index in [1.807, 2.05) is 31.2 Å². The molecule has 0 unspecified atom stereocenters. The topological polar surface area (TPSA) is 83.0 Å². The van der Waals surface area contributed by atoms with Crippen molar-refractivity contribution in [1.82, 2.24) is 9.97 Å². The van der Waals surface area contributed by atoms with Gasteiger partial charge < -0.3 is 10.1 Å². The summed E-state index contributed by atoms with van der Waals surface area (Å²) in [6.07, 6.45) is 0.505. The van der Waals surface area contributed by atoms with Crippen LogP contribution in [-0.4, -0.2) is 21.0 Å². The first-order valence-corrected chi connectivity index (χ1v) is 7.16. The second-order valence-electron chi connectivity index (χ2n) is 4.81. The fraction of sp³-hybridized carbons (Fsp3) is 0.133. The van der Waals surface area contributed by atoms with E-state index in [4.69, 9.17) is 5.11 Å². The molecule has 21 heavy (non-hydrogen) atoms. The minimum Gasteiger partial charge on any atom is -0.477 e. The first-order valence-electron chi connectivity index (χ1n) is 6.34. The molecule has 0 aliphatic carbocycles. The minimum atomic E-state index is -1.04. The van der Waals surface area contributed by atoms with Gasteiger partial charge in [0.05, 0.1) is 5.52 Å². The van der Waals surface area contributed by atoms with Crippen molar-refractivity contribution in [3.63, 3.8) is 0 Å². The fourth-order valence-corrected chi connectivity index (χ4v) is 3.02. The van der Waals surface area contributed by atoms with Gasteiger partial charge in [0.25, 0.3) is 5.56 Å². The lowest BCUT2D eigenvalue weighted by molar-refractivity contribution is 0.0702. The van der Waals surface area contributed by atoms with E-state index in [1.165, 1.54) is 6.07 Å². The van der Waals surface area contributed by atoms with Crippen LogP contribution in [0.1, 0.15) is 26.6 Å². The van der Waals surface area contributed by atoms with Crippen molar-refractivity contribution >= 4 is 27.5 Å². The predicted octanol–water partition coefficient (Wildman–Crippen LogP) is 2.58. The van der Waals surface area contributed by atoms with Gasteiger partial charge in [-0.1, -0.05) is 29.8 Å². The molecule has 0 aliphatic heterocycles. The summed E-state index contributed by atoms with van der Waals surface area (Å²) in [6, 6.07) is 9.39. The number of hydrogen-bond donors (Lipinski definition) is 2. The molecule has 0 bridgehead atoms. The number of carboxylic acid groups (broad SMARTS) is 1. The van der Waals surface area contributed by atoms with Crippen molar-refractivity contribution in [3.8, 4) is 0 Å². The van der Waals surface area contributed by atoms with Crippen LogP contribution in [0.4, 0.5) is 0 Å². The highest BCUT2D eigenvalue weighted by Gasteiger charge is 2.13. The Morgan fingerprint density at radius 2 is 2.19 bits per heavy atom. The Morgan fingerprint density at radius 3 is 2.90 bits per heavy atom. The van der Waals surface area contributed by atoms with Gasteiger partial charge in [-0.15, -0.1) is 11.3 Å². The first kappa shape index (κ1) is 13.5. The molecule has 2 aromatic heterocycles. The minimum absolute atomic E-state index is 0.121. The molecule has 0 amide bonds. The zero-order valence-electron chi connectivity index (χ0n) is 11.2. The molecule has 2 heterocycles. The van der Waals surface area contributed by atoms with Crippen molar-refractivity contribution in [3.05, 3.63) is 62.5 Å². The number of carbonyl (C=O) groups is 1. The molecule has 0 spiro atoms. The van der Waals surface area contributed by atoms with Gasteiger partial charge in [-0.25, -0.2) is 9.78 Å². The smallest absolute Gasteiger partial charge is 0.345 e. The van der Waals surface area contributed by atoms with E-state index in [0.717, 1.165) is 22.5 Å². The molecular formula is C15H12N2O3S. The summed E-state index contributed by atoms with van der Waals surface area (Å²) >= 11 is 0.944. The van der Waals surface area contributed by atoms with Crippen molar-refractivity contribution < 1.29 is 9.90 Å². The highest BCUT2D eigenvalue weighted by atomic mass is 32.1. The van der Waals surface area contributed by atoms with Crippen LogP contribution in [0.2, 0.25) is 0 Å². The number of aromatic amines is 1. The van der Waals surface area contributed by atoms with Crippen LogP contribution >= 0.6 is 11.3 Å². The molecule has 3 aromatic rings. The van der Waals surface area contributed by atoms with Crippen molar-refractivity contribution in [2.45, 2.75) is 13.3 Å². The van der Waals surface area contributed by atoms with Crippen molar-refractivity contribution in [2.75, 3.05) is 0 Å². The maximum Gasteiger partial charge on any atom is 0.345 e. The Morgan fingerprint density at radius 1 is 1.38 bits per heavy atom. The first-order chi connectivity index (χ1) is 10.0. The summed E-state index contributed by atoms with van der Waals surface area (Å²) in [7, 11) is 0. The van der Waals surface area contributed by atoms with E-state index in [1.54, 1.807) is 0 Å². The SMILES string of the molecule is Cc1cccc(Cc2nc3cc(C(=O)O)sc3c(=O)[nH]2)c1. The summed E-state index contributed by atoms with van der Waals surface area (Å²) in [5.41, 5.74) is 2.33. The Labute approximate surface area is 123 Å². The highest BCUT2D eigenvalue weighted by molar-refractivity contribution is 7.20. The molecule has 3 rings (SSSR count). The number of thiophene rings is 1. The number of aryl methyl sites for hydroxylation is 1. The number of fused-ring (bicyclic) bond motifs is 1. The predicted molar refractivity (Wildman–Crippen MR) is 81.2 cm³/mol. The van der Waals surface area contributed by atoms with Crippen LogP contribution < -0.4 is 5.56 Å². The van der Waals surface area contributed by atoms with E-state index in [0.29, 0.717) is 22.5 Å². The van der Waals surface area contributed by atoms with Crippen molar-refractivity contribution in [1.29, 1.82) is 0 Å². The summed E-state index contributed by atoms with van der Waals surface area (Å²) in [4.78, 5) is 30.2. The number of carboxylic acids is 1. The molecular weight excluding hydrogens is 288 g/mol. The van der Waals surface area contributed by atoms with E-state index in [-0.39, 0.29) is 10.4 Å². The highest BCUT2D eigenvalue weighted by Crippen LogP contribution is 2.21. The second-order valence-corrected chi connectivity index (χ2v) is 5.86. The lowest BCUT2D eigenvalue weighted by atomic mass is 10.1. The van der Waals surface area contributed by atoms with Gasteiger partial charge in [-0.2, -0.15) is 0 Å². The lowest BCUT2D eigenvalue weighted by Gasteiger charge is -2.02. The summed E-state index contributed by atoms with van der Waals surface area (Å²) in [5, 5.41) is 8.98. The fourth-order valence-electron chi connectivity index (χ4n) is 2.19. The number of H-pyrrole nitrogens is 1. The van der Waals surface area contributed by atoms with Gasteiger partial charge in [-0.05, 0) is 18.6 Å². The van der Waals surface area contributed by atoms with Gasteiger partial charge in [-0.3, -0.25) is 4.79 Å². The molecule has 0 saturated heterocycles. The normalized spacial score (nSPS) is 10.9. The number of hydrogen-bond acceptors (Lipinski definition) is 4. The monoisotopic (exact) mass is 300 g/mol. The van der Waals surface area contributed by atoms with E-state index in [9.17, 15) is 9.59 Å². The standard InChI is InChI=1S/C15H12N2O3S/c1-8-3-2-4-9(5-8)6-12-16-10-7-11(15(19)20)21-13(10)14(18)17-12/h2-5,7H,6H2,1H3,(H,19,20)(H,16,17,18). The Balaban J connectivity index is 2.04. The van der Waals surface area contributed by atoms with E-state index >= 15 is 0 Å². The Bertz CT molecular complexity index is 895. The third-order valence-corrected chi connectivity index (χ3v) is 4.21. The zero-order valence-corrected chi connectivity index (χ0v) is 12.0. The maximum atomic E-state index is 12.0. The molecule has 1 aromatic carbocycles. The van der Waals surface area contributed by atoms with Crippen molar-refractivity contribution in [2.24, 2.45) is 0 Å². The lowest BCUT2D eigenvalue weighted by Crippen LogP contribution is -2.10. The third-order valence-electron chi connectivity index (χ3n) is 3.10. The van der Waals surface area contributed by atoms with Crippen LogP contribution in [0.15, 0.2) is 35.1 Å². The maximum absolute atomic E-state index is 12.0. The van der Waals surface area contributed by atoms with Crippen LogP contribution in [0.5, 0.6) is 0 Å². The quantitative estimate of drug-likeness (QED) is 0.778. The van der Waals surface area contributed by atoms with Gasteiger partial charge in [0.1, 0.15) is 15.4 Å². The molecule has 106 valence electrons. The van der Waals surface area contributed by atoms with Crippen LogP contribution in [-0.2, 0) is 6.42 Å². The number of rotatable bonds is 3. The number of nitrogens with zero attached hydrogens (tertiary/aromatic N) is 1. The van der Waals surface area contributed by atoms with E-state index in [2.05, 4.69) is 9.97 Å². The average molecular weight is 300 g/mol. The van der Waals surface area contributed by atoms with Gasteiger partial charge in [0.2, 0.25) is 0 Å². The summed E-state index contributed by atoms with van der Waals surface area (Å²) < 4.78 is 0.348. The van der Waals surface area contributed by atoms with Crippen LogP contribution in [0.3, 0.4) is 0 Å². The summed E-state index contributed by atoms with van der Waals surface area (Å²) in [6.45, 7) is 2.00. The average Bonchev–Trinajstić information content (AvgIpc) is 2.83. The molecule has 5 nitrogen and oxygen atoms in total. The van der Waals surface area contributed by atoms with Crippen LogP contribution in [0, 0.1) is 6.92 Å². The molecule has 0 fully saturated rings. The Kier molecular flexibility index (Phi) is 3.31. The largest absolute Gasteiger partial charge is 0.477 e. The molecule has 0 saturated carbocycles. The van der Waals surface area contributed by atoms with Crippen LogP contribution in [0.25, 0.3) is 10.2 Å². The second kappa shape index (κ2) is 5.14. The molecule has 0 atom stereocenters. The molecule has 2 N–H and O–H groups in total. The zero-order chi connectivity index (χ0) is 15.0. The Hall–Kier alpha value is -2.47. The van der Waals surface area contributed by atoms with E-state index < -0.39 is 5.97 Å². The van der Waals surface area contributed by atoms with Gasteiger partial charge in [0.15, 0.2) is 0 Å². The molecule has 0 radical (unpaired) electrons. The number of nitrogens with one attached hydrogen (secondary N) is 1. The summed E-state index contributed by atoms with van der Waals surface area (Å²) in [5.74, 6) is -0.509. The van der Waals surface area contributed by atoms with Gasteiger partial charge in [0, 0.05) is 6.42 Å². The molecule has 0 aliphatic rings. The third kappa shape index (κ3) is 2.71. The number of aromatic nitrogens is 2. The molecule has 6 heteroatoms. The number of aromatic carboxylic acids is 1. The van der Waals surface area contributed by atoms with Gasteiger partial charge >= 0.3 is 5.97 Å². The number of benzene rings is 1.